The second-order valence-electron chi connectivity index (χ2n) is 9.77. The van der Waals surface area contributed by atoms with Crippen molar-refractivity contribution in [3.05, 3.63) is 59.6 Å². The van der Waals surface area contributed by atoms with Crippen LogP contribution in [0.1, 0.15) is 19.4 Å². The van der Waals surface area contributed by atoms with Crippen LogP contribution in [0.4, 0.5) is 14.5 Å². The smallest absolute Gasteiger partial charge is 0.328 e. The van der Waals surface area contributed by atoms with E-state index < -0.39 is 35.6 Å². The lowest BCUT2D eigenvalue weighted by atomic mass is 10.1. The lowest BCUT2D eigenvalue weighted by Crippen LogP contribution is -2.56. The number of halogens is 2. The van der Waals surface area contributed by atoms with E-state index >= 15 is 8.78 Å². The number of carbonyl (C=O) groups excluding carboxylic acids is 1. The molecule has 43 heavy (non-hydrogen) atoms. The summed E-state index contributed by atoms with van der Waals surface area (Å²) >= 11 is 0. The van der Waals surface area contributed by atoms with E-state index in [9.17, 15) is 9.90 Å². The molecular formula is C28H34F2N8O5. The number of nitrogens with one attached hydrogen (secondary N) is 1. The van der Waals surface area contributed by atoms with E-state index in [0.29, 0.717) is 0 Å². The molecule has 0 radical (unpaired) electrons. The molecule has 0 bridgehead atoms. The first-order chi connectivity index (χ1) is 20.4. The van der Waals surface area contributed by atoms with Gasteiger partial charge in [-0.15, -0.1) is 0 Å². The van der Waals surface area contributed by atoms with Gasteiger partial charge < -0.3 is 41.4 Å². The average Bonchev–Trinajstić information content (AvgIpc) is 2.95. The van der Waals surface area contributed by atoms with Gasteiger partial charge in [-0.3, -0.25) is 15.1 Å². The third kappa shape index (κ3) is 7.12. The van der Waals surface area contributed by atoms with Crippen LogP contribution in [-0.4, -0.2) is 89.8 Å². The van der Waals surface area contributed by atoms with Crippen molar-refractivity contribution in [1.82, 2.24) is 9.80 Å². The third-order valence-electron chi connectivity index (χ3n) is 6.80. The Kier molecular flexibility index (Phi) is 9.34. The Morgan fingerprint density at radius 2 is 1.93 bits per heavy atom. The zero-order valence-corrected chi connectivity index (χ0v) is 23.7. The SMILES string of the molecule is CCOC(=O)C(C)N1CCN(C2=C(F)C(Oc3cc(C(=N)N)ccc3O)N=CC2(F)Oc2cccc(N=C(N)N)c2)CC1. The van der Waals surface area contributed by atoms with E-state index in [-0.39, 0.29) is 73.1 Å². The number of phenolic OH excluding ortho intramolecular Hbond substituents is 1. The average molecular weight is 601 g/mol. The number of carbonyl (C=O) groups is 1. The van der Waals surface area contributed by atoms with Gasteiger partial charge in [-0.2, -0.15) is 4.39 Å². The molecule has 1 saturated heterocycles. The van der Waals surface area contributed by atoms with Gasteiger partial charge in [-0.05, 0) is 44.2 Å². The molecule has 2 aromatic carbocycles. The summed E-state index contributed by atoms with van der Waals surface area (Å²) in [5, 5.41) is 17.9. The fourth-order valence-electron chi connectivity index (χ4n) is 4.67. The number of esters is 1. The molecule has 2 aromatic rings. The molecule has 15 heteroatoms. The summed E-state index contributed by atoms with van der Waals surface area (Å²) < 4.78 is 49.5. The van der Waals surface area contributed by atoms with E-state index in [0.717, 1.165) is 6.21 Å². The number of amidine groups is 1. The number of guanidine groups is 1. The van der Waals surface area contributed by atoms with Gasteiger partial charge in [0.25, 0.3) is 0 Å². The van der Waals surface area contributed by atoms with Crippen molar-refractivity contribution in [3.63, 3.8) is 0 Å². The Bertz CT molecular complexity index is 1460. The number of piperazine rings is 1. The zero-order valence-electron chi connectivity index (χ0n) is 23.7. The van der Waals surface area contributed by atoms with Crippen LogP contribution in [0, 0.1) is 5.41 Å². The summed E-state index contributed by atoms with van der Waals surface area (Å²) in [4.78, 5) is 23.4. The van der Waals surface area contributed by atoms with Gasteiger partial charge in [0.05, 0.1) is 18.5 Å². The van der Waals surface area contributed by atoms with Gasteiger partial charge in [-0.25, -0.2) is 14.4 Å². The van der Waals surface area contributed by atoms with E-state index in [1.165, 1.54) is 41.3 Å². The number of benzene rings is 2. The van der Waals surface area contributed by atoms with Crippen molar-refractivity contribution in [3.8, 4) is 17.2 Å². The molecule has 1 fully saturated rings. The van der Waals surface area contributed by atoms with Crippen LogP contribution in [0.2, 0.25) is 0 Å². The summed E-state index contributed by atoms with van der Waals surface area (Å²) in [6.07, 6.45) is -0.914. The molecule has 0 saturated carbocycles. The highest BCUT2D eigenvalue weighted by molar-refractivity contribution is 5.95. The van der Waals surface area contributed by atoms with Gasteiger partial charge in [0.2, 0.25) is 6.23 Å². The van der Waals surface area contributed by atoms with E-state index in [1.807, 2.05) is 4.90 Å². The molecule has 2 heterocycles. The lowest BCUT2D eigenvalue weighted by Gasteiger charge is -2.43. The number of nitrogens with zero attached hydrogens (tertiary/aromatic N) is 4. The predicted octanol–water partition coefficient (Wildman–Crippen LogP) is 1.87. The maximum absolute atomic E-state index is 16.8. The Morgan fingerprint density at radius 1 is 1.21 bits per heavy atom. The first-order valence-corrected chi connectivity index (χ1v) is 13.4. The minimum absolute atomic E-state index is 0.0116. The molecule has 8 N–H and O–H groups in total. The number of rotatable bonds is 10. The molecule has 3 unspecified atom stereocenters. The van der Waals surface area contributed by atoms with Crippen molar-refractivity contribution in [1.29, 1.82) is 5.41 Å². The van der Waals surface area contributed by atoms with Crippen LogP contribution in [0.5, 0.6) is 17.2 Å². The van der Waals surface area contributed by atoms with Gasteiger partial charge in [-0.1, -0.05) is 6.07 Å². The number of dihydropyridines is 1. The number of aliphatic imine (C=N–C) groups is 2. The van der Waals surface area contributed by atoms with Crippen molar-refractivity contribution < 1.29 is 32.9 Å². The van der Waals surface area contributed by atoms with Gasteiger partial charge in [0, 0.05) is 37.8 Å². The number of hydrogen-bond donors (Lipinski definition) is 5. The summed E-state index contributed by atoms with van der Waals surface area (Å²) in [5.41, 5.74) is 16.4. The van der Waals surface area contributed by atoms with E-state index in [4.69, 9.17) is 36.8 Å². The Balaban J connectivity index is 1.67. The minimum atomic E-state index is -2.89. The molecule has 0 aliphatic carbocycles. The second kappa shape index (κ2) is 12.9. The van der Waals surface area contributed by atoms with Crippen molar-refractivity contribution in [2.45, 2.75) is 32.0 Å². The first kappa shape index (κ1) is 31.0. The fourth-order valence-corrected chi connectivity index (χ4v) is 4.67. The summed E-state index contributed by atoms with van der Waals surface area (Å²) in [5.74, 6) is -5.49. The molecule has 230 valence electrons. The molecule has 13 nitrogen and oxygen atoms in total. The molecule has 0 amide bonds. The minimum Gasteiger partial charge on any atom is -0.504 e. The highest BCUT2D eigenvalue weighted by atomic mass is 19.2. The monoisotopic (exact) mass is 600 g/mol. The molecule has 3 atom stereocenters. The Hall–Kier alpha value is -4.92. The predicted molar refractivity (Wildman–Crippen MR) is 156 cm³/mol. The topological polar surface area (TPSA) is 198 Å². The van der Waals surface area contributed by atoms with Gasteiger partial charge >= 0.3 is 11.8 Å². The number of nitrogen functional groups attached to an aromatic ring is 1. The molecular weight excluding hydrogens is 566 g/mol. The molecule has 4 rings (SSSR count). The molecule has 2 aliphatic rings. The summed E-state index contributed by atoms with van der Waals surface area (Å²) in [6.45, 7) is 4.48. The lowest BCUT2D eigenvalue weighted by molar-refractivity contribution is -0.149. The van der Waals surface area contributed by atoms with Gasteiger partial charge in [0.15, 0.2) is 23.3 Å². The van der Waals surface area contributed by atoms with E-state index in [1.54, 1.807) is 19.9 Å². The highest BCUT2D eigenvalue weighted by Gasteiger charge is 2.48. The standard InChI is InChI=1S/C28H34F2N8O5/c1-3-41-26(40)16(2)37-9-11-38(12-10-37)23-22(29)25(42-21-13-17(24(31)32)7-8-20(21)39)35-15-28(23,30)43-19-6-4-5-18(14-19)36-27(33)34/h4-8,13-16,25,39H,3,9-12H2,1-2H3,(H3,31,32)(H4,33,34,36). The third-order valence-corrected chi connectivity index (χ3v) is 6.80. The van der Waals surface area contributed by atoms with Crippen LogP contribution >= 0.6 is 0 Å². The van der Waals surface area contributed by atoms with Crippen LogP contribution in [-0.2, 0) is 9.53 Å². The second-order valence-corrected chi connectivity index (χ2v) is 9.77. The maximum atomic E-state index is 16.8. The maximum Gasteiger partial charge on any atom is 0.328 e. The fraction of sp³-hybridized carbons (Fsp3) is 0.357. The number of phenols is 1. The largest absolute Gasteiger partial charge is 0.504 e. The van der Waals surface area contributed by atoms with Crippen LogP contribution in [0.15, 0.2) is 64.0 Å². The quantitative estimate of drug-likeness (QED) is 0.152. The number of nitrogens with two attached hydrogens (primary N) is 3. The Labute approximate surface area is 246 Å². The van der Waals surface area contributed by atoms with Crippen molar-refractivity contribution in [2.24, 2.45) is 27.2 Å². The summed E-state index contributed by atoms with van der Waals surface area (Å²) in [7, 11) is 0. The number of alkyl halides is 1. The van der Waals surface area contributed by atoms with E-state index in [2.05, 4.69) is 9.98 Å². The highest BCUT2D eigenvalue weighted by Crippen LogP contribution is 2.39. The number of hydrogen-bond acceptors (Lipinski definition) is 10. The molecule has 0 spiro atoms. The normalized spacial score (nSPS) is 21.2. The summed E-state index contributed by atoms with van der Waals surface area (Å²) in [6, 6.07) is 9.24. The van der Waals surface area contributed by atoms with Crippen LogP contribution in [0.25, 0.3) is 0 Å². The Morgan fingerprint density at radius 3 is 2.58 bits per heavy atom. The van der Waals surface area contributed by atoms with Crippen LogP contribution in [0.3, 0.4) is 0 Å². The van der Waals surface area contributed by atoms with Crippen molar-refractivity contribution >= 4 is 29.7 Å². The van der Waals surface area contributed by atoms with Crippen LogP contribution < -0.4 is 26.7 Å². The number of ether oxygens (including phenoxy) is 3. The van der Waals surface area contributed by atoms with Crippen molar-refractivity contribution in [2.75, 3.05) is 32.8 Å². The van der Waals surface area contributed by atoms with Gasteiger partial charge in [0.1, 0.15) is 23.3 Å². The first-order valence-electron chi connectivity index (χ1n) is 13.4. The molecule has 0 aromatic heterocycles. The number of aromatic hydroxyl groups is 1. The molecule has 2 aliphatic heterocycles. The zero-order chi connectivity index (χ0) is 31.3.